The van der Waals surface area contributed by atoms with Gasteiger partial charge in [-0.25, -0.2) is 0 Å². The van der Waals surface area contributed by atoms with Crippen molar-refractivity contribution in [3.8, 4) is 0 Å². The number of hydrogen-bond donors (Lipinski definition) is 2. The van der Waals surface area contributed by atoms with Crippen LogP contribution in [0, 0.1) is 16.2 Å². The normalized spacial score (nSPS) is 32.7. The Morgan fingerprint density at radius 3 is 2.54 bits per heavy atom. The average Bonchev–Trinajstić information content (AvgIpc) is 3.01. The van der Waals surface area contributed by atoms with Gasteiger partial charge in [-0.1, -0.05) is 38.1 Å². The molecule has 2 bridgehead atoms. The second-order valence-corrected chi connectivity index (χ2v) is 7.71. The molecule has 0 unspecified atom stereocenters. The van der Waals surface area contributed by atoms with Crippen LogP contribution in [-0.2, 0) is 20.9 Å². The molecule has 1 aromatic rings. The van der Waals surface area contributed by atoms with Gasteiger partial charge in [0.05, 0.1) is 12.0 Å². The smallest absolute Gasteiger partial charge is 0.313 e. The predicted molar refractivity (Wildman–Crippen MR) is 86.9 cm³/mol. The molecular formula is C18H21N3O3. The van der Waals surface area contributed by atoms with E-state index >= 15 is 0 Å². The summed E-state index contributed by atoms with van der Waals surface area (Å²) in [5.74, 6) is -0.369. The highest BCUT2D eigenvalue weighted by Gasteiger charge is 2.75. The Labute approximate surface area is 140 Å². The molecule has 2 heterocycles. The lowest BCUT2D eigenvalue weighted by atomic mass is 9.66. The number of esters is 1. The van der Waals surface area contributed by atoms with Crippen LogP contribution in [0.2, 0.25) is 0 Å². The minimum Gasteiger partial charge on any atom is -0.448 e. The molecule has 0 spiro atoms. The van der Waals surface area contributed by atoms with E-state index in [2.05, 4.69) is 5.43 Å². The number of hydrogen-bond acceptors (Lipinski definition) is 4. The summed E-state index contributed by atoms with van der Waals surface area (Å²) in [4.78, 5) is 25.4. The number of amidine groups is 1. The lowest BCUT2D eigenvalue weighted by molar-refractivity contribution is -0.169. The molecule has 2 N–H and O–H groups in total. The van der Waals surface area contributed by atoms with Crippen molar-refractivity contribution in [1.82, 2.24) is 10.4 Å². The summed E-state index contributed by atoms with van der Waals surface area (Å²) in [6.45, 7) is 6.18. The van der Waals surface area contributed by atoms with Crippen LogP contribution in [0.4, 0.5) is 0 Å². The number of benzene rings is 1. The molecule has 24 heavy (non-hydrogen) atoms. The van der Waals surface area contributed by atoms with Gasteiger partial charge in [0.1, 0.15) is 5.84 Å². The highest BCUT2D eigenvalue weighted by Crippen LogP contribution is 2.65. The van der Waals surface area contributed by atoms with E-state index < -0.39 is 16.4 Å². The van der Waals surface area contributed by atoms with Crippen molar-refractivity contribution < 1.29 is 14.3 Å². The van der Waals surface area contributed by atoms with Crippen molar-refractivity contribution in [3.63, 3.8) is 0 Å². The summed E-state index contributed by atoms with van der Waals surface area (Å²) in [6.07, 6.45) is 1.16. The Morgan fingerprint density at radius 2 is 1.96 bits per heavy atom. The van der Waals surface area contributed by atoms with Gasteiger partial charge >= 0.3 is 5.97 Å². The largest absolute Gasteiger partial charge is 0.448 e. The van der Waals surface area contributed by atoms with Gasteiger partial charge in [-0.05, 0) is 25.3 Å². The van der Waals surface area contributed by atoms with Crippen LogP contribution in [0.25, 0.3) is 0 Å². The van der Waals surface area contributed by atoms with E-state index in [1.54, 1.807) is 0 Å². The highest BCUT2D eigenvalue weighted by molar-refractivity contribution is 6.02. The molecule has 0 radical (unpaired) electrons. The van der Waals surface area contributed by atoms with Crippen molar-refractivity contribution in [2.24, 2.45) is 10.8 Å². The van der Waals surface area contributed by atoms with Gasteiger partial charge in [-0.2, -0.15) is 0 Å². The maximum absolute atomic E-state index is 13.1. The predicted octanol–water partition coefficient (Wildman–Crippen LogP) is 1.98. The summed E-state index contributed by atoms with van der Waals surface area (Å²) in [5.41, 5.74) is 2.26. The van der Waals surface area contributed by atoms with E-state index in [4.69, 9.17) is 10.1 Å². The van der Waals surface area contributed by atoms with Gasteiger partial charge in [0.15, 0.2) is 5.60 Å². The summed E-state index contributed by atoms with van der Waals surface area (Å²) < 4.78 is 5.60. The van der Waals surface area contributed by atoms with Gasteiger partial charge in [-0.15, -0.1) is 0 Å². The SMILES string of the molecule is CC1(C)[C@@]2(C)CC[C@]1(C(=O)NN1Cc3ccccc3C1=N)OC2=O. The van der Waals surface area contributed by atoms with Gasteiger partial charge in [-0.3, -0.25) is 25.4 Å². The van der Waals surface area contributed by atoms with Crippen LogP contribution < -0.4 is 5.43 Å². The quantitative estimate of drug-likeness (QED) is 0.814. The average molecular weight is 327 g/mol. The first-order chi connectivity index (χ1) is 11.2. The molecule has 4 rings (SSSR count). The zero-order valence-corrected chi connectivity index (χ0v) is 14.1. The lowest BCUT2D eigenvalue weighted by Gasteiger charge is -2.36. The fourth-order valence-corrected chi connectivity index (χ4v) is 4.34. The summed E-state index contributed by atoms with van der Waals surface area (Å²) in [5, 5.41) is 9.79. The molecule has 1 aromatic carbocycles. The Bertz CT molecular complexity index is 787. The van der Waals surface area contributed by atoms with E-state index in [9.17, 15) is 9.59 Å². The number of fused-ring (bicyclic) bond motifs is 3. The standard InChI is InChI=1S/C18H21N3O3/c1-16(2)17(3)8-9-18(16,24-15(17)23)14(22)20-21-10-11-6-4-5-7-12(11)13(21)19/h4-7,19H,8-10H2,1-3H3,(H,20,22)/t17-,18+/m0/s1. The molecular weight excluding hydrogens is 306 g/mol. The number of rotatable bonds is 2. The van der Waals surface area contributed by atoms with Crippen LogP contribution >= 0.6 is 0 Å². The van der Waals surface area contributed by atoms with E-state index in [1.165, 1.54) is 5.01 Å². The summed E-state index contributed by atoms with van der Waals surface area (Å²) in [6, 6.07) is 7.61. The first-order valence-corrected chi connectivity index (χ1v) is 8.22. The van der Waals surface area contributed by atoms with Crippen molar-refractivity contribution in [3.05, 3.63) is 35.4 Å². The third-order valence-electron chi connectivity index (χ3n) is 6.56. The third kappa shape index (κ3) is 1.53. The van der Waals surface area contributed by atoms with Crippen molar-refractivity contribution in [2.45, 2.75) is 45.8 Å². The fourth-order valence-electron chi connectivity index (χ4n) is 4.34. The number of hydrazine groups is 1. The Morgan fingerprint density at radius 1 is 1.25 bits per heavy atom. The second-order valence-electron chi connectivity index (χ2n) is 7.71. The van der Waals surface area contributed by atoms with Crippen LogP contribution in [0.5, 0.6) is 0 Å². The molecule has 2 fully saturated rings. The number of carbonyl (C=O) groups excluding carboxylic acids is 2. The van der Waals surface area contributed by atoms with Crippen molar-refractivity contribution >= 4 is 17.7 Å². The molecule has 1 saturated carbocycles. The molecule has 6 heteroatoms. The number of ether oxygens (including phenoxy) is 1. The maximum atomic E-state index is 13.1. The van der Waals surface area contributed by atoms with Gasteiger partial charge in [0.2, 0.25) is 0 Å². The molecule has 126 valence electrons. The summed E-state index contributed by atoms with van der Waals surface area (Å²) >= 11 is 0. The first-order valence-electron chi connectivity index (χ1n) is 8.22. The van der Waals surface area contributed by atoms with Gasteiger partial charge < -0.3 is 4.74 Å². The molecule has 1 saturated heterocycles. The van der Waals surface area contributed by atoms with E-state index in [1.807, 2.05) is 45.0 Å². The minimum atomic E-state index is -1.16. The van der Waals surface area contributed by atoms with E-state index in [0.717, 1.165) is 11.1 Å². The maximum Gasteiger partial charge on any atom is 0.313 e. The van der Waals surface area contributed by atoms with Crippen LogP contribution in [0.3, 0.4) is 0 Å². The van der Waals surface area contributed by atoms with Crippen molar-refractivity contribution in [1.29, 1.82) is 5.41 Å². The van der Waals surface area contributed by atoms with E-state index in [-0.39, 0.29) is 17.7 Å². The fraction of sp³-hybridized carbons (Fsp3) is 0.500. The van der Waals surface area contributed by atoms with Gasteiger partial charge in [0.25, 0.3) is 5.91 Å². The summed E-state index contributed by atoms with van der Waals surface area (Å²) in [7, 11) is 0. The van der Waals surface area contributed by atoms with E-state index in [0.29, 0.717) is 19.4 Å². The number of nitrogens with zero attached hydrogens (tertiary/aromatic N) is 1. The minimum absolute atomic E-state index is 0.262. The molecule has 0 aromatic heterocycles. The topological polar surface area (TPSA) is 82.5 Å². The zero-order chi connectivity index (χ0) is 17.3. The molecule has 6 nitrogen and oxygen atoms in total. The highest BCUT2D eigenvalue weighted by atomic mass is 16.6. The molecule has 1 aliphatic carbocycles. The molecule has 2 atom stereocenters. The Hall–Kier alpha value is -2.37. The van der Waals surface area contributed by atoms with Gasteiger partial charge in [0, 0.05) is 11.0 Å². The van der Waals surface area contributed by atoms with Crippen LogP contribution in [0.15, 0.2) is 24.3 Å². The third-order valence-corrected chi connectivity index (χ3v) is 6.56. The Balaban J connectivity index is 1.61. The Kier molecular flexibility index (Phi) is 2.77. The molecule has 2 aliphatic heterocycles. The second kappa shape index (κ2) is 4.37. The molecule has 1 amide bonds. The van der Waals surface area contributed by atoms with Crippen LogP contribution in [-0.4, -0.2) is 28.3 Å². The lowest BCUT2D eigenvalue weighted by Crippen LogP contribution is -2.57. The number of amides is 1. The number of nitrogens with one attached hydrogen (secondary N) is 2. The number of carbonyl (C=O) groups is 2. The van der Waals surface area contributed by atoms with Crippen molar-refractivity contribution in [2.75, 3.05) is 0 Å². The molecule has 3 aliphatic rings. The first kappa shape index (κ1) is 15.2. The van der Waals surface area contributed by atoms with Crippen LogP contribution in [0.1, 0.15) is 44.7 Å². The zero-order valence-electron chi connectivity index (χ0n) is 14.1. The monoisotopic (exact) mass is 327 g/mol.